The molecular formula is C20H28N2O3. The predicted octanol–water partition coefficient (Wildman–Crippen LogP) is 2.65. The highest BCUT2D eigenvalue weighted by Gasteiger charge is 2.44. The first-order valence-electron chi connectivity index (χ1n) is 9.36. The molecule has 0 radical (unpaired) electrons. The van der Waals surface area contributed by atoms with Gasteiger partial charge in [0.25, 0.3) is 5.91 Å². The molecule has 0 N–H and O–H groups in total. The van der Waals surface area contributed by atoms with Crippen LogP contribution in [0.4, 0.5) is 0 Å². The summed E-state index contributed by atoms with van der Waals surface area (Å²) in [4.78, 5) is 17.4. The lowest BCUT2D eigenvalue weighted by Crippen LogP contribution is -2.37. The number of carbonyl (C=O) groups is 1. The Hall–Kier alpha value is -1.75. The van der Waals surface area contributed by atoms with Gasteiger partial charge in [-0.15, -0.1) is 0 Å². The van der Waals surface area contributed by atoms with Crippen LogP contribution in [0.5, 0.6) is 11.5 Å². The van der Waals surface area contributed by atoms with Gasteiger partial charge >= 0.3 is 0 Å². The fourth-order valence-corrected chi connectivity index (χ4v) is 4.89. The molecule has 2 fully saturated rings. The molecular weight excluding hydrogens is 316 g/mol. The lowest BCUT2D eigenvalue weighted by molar-refractivity contribution is 0.0716. The second-order valence-corrected chi connectivity index (χ2v) is 7.98. The summed E-state index contributed by atoms with van der Waals surface area (Å²) in [5.41, 5.74) is 0.628. The monoisotopic (exact) mass is 344 g/mol. The van der Waals surface area contributed by atoms with Crippen LogP contribution >= 0.6 is 0 Å². The Morgan fingerprint density at radius 3 is 2.28 bits per heavy atom. The van der Waals surface area contributed by atoms with Gasteiger partial charge in [0.15, 0.2) is 11.5 Å². The summed E-state index contributed by atoms with van der Waals surface area (Å²) in [7, 11) is 6.31. The van der Waals surface area contributed by atoms with E-state index >= 15 is 0 Å². The average molecular weight is 344 g/mol. The molecule has 0 saturated heterocycles. The SMILES string of the molecule is CN(C)C1C[C@@H]2CC(N(C)C(=O)c3cccc4c3OCCO4)C[C@@H]2C1. The number of hydrogen-bond acceptors (Lipinski definition) is 4. The van der Waals surface area contributed by atoms with Crippen LogP contribution < -0.4 is 9.47 Å². The Bertz CT molecular complexity index is 646. The molecule has 0 aromatic heterocycles. The van der Waals surface area contributed by atoms with Gasteiger partial charge < -0.3 is 19.3 Å². The van der Waals surface area contributed by atoms with Gasteiger partial charge in [0.1, 0.15) is 13.2 Å². The molecule has 1 aromatic rings. The van der Waals surface area contributed by atoms with Gasteiger partial charge in [-0.05, 0) is 63.7 Å². The normalized spacial score (nSPS) is 30.4. The van der Waals surface area contributed by atoms with Crippen molar-refractivity contribution in [3.8, 4) is 11.5 Å². The fraction of sp³-hybridized carbons (Fsp3) is 0.650. The predicted molar refractivity (Wildman–Crippen MR) is 96.2 cm³/mol. The molecule has 136 valence electrons. The van der Waals surface area contributed by atoms with Crippen molar-refractivity contribution in [2.75, 3.05) is 34.4 Å². The van der Waals surface area contributed by atoms with Gasteiger partial charge in [-0.2, -0.15) is 0 Å². The van der Waals surface area contributed by atoms with Crippen LogP contribution in [-0.2, 0) is 0 Å². The highest BCUT2D eigenvalue weighted by molar-refractivity contribution is 5.98. The van der Waals surface area contributed by atoms with E-state index in [-0.39, 0.29) is 5.91 Å². The number of rotatable bonds is 3. The Labute approximate surface area is 149 Å². The first-order chi connectivity index (χ1) is 12.0. The molecule has 4 rings (SSSR count). The quantitative estimate of drug-likeness (QED) is 0.845. The summed E-state index contributed by atoms with van der Waals surface area (Å²) < 4.78 is 11.3. The Balaban J connectivity index is 1.46. The highest BCUT2D eigenvalue weighted by atomic mass is 16.6. The molecule has 1 aromatic carbocycles. The van der Waals surface area contributed by atoms with E-state index in [0.717, 1.165) is 24.7 Å². The third-order valence-electron chi connectivity index (χ3n) is 6.36. The molecule has 3 aliphatic rings. The molecule has 2 unspecified atom stereocenters. The van der Waals surface area contributed by atoms with E-state index in [2.05, 4.69) is 19.0 Å². The van der Waals surface area contributed by atoms with E-state index in [1.165, 1.54) is 12.8 Å². The molecule has 2 aliphatic carbocycles. The zero-order chi connectivity index (χ0) is 17.6. The third kappa shape index (κ3) is 2.99. The largest absolute Gasteiger partial charge is 0.486 e. The Kier molecular flexibility index (Phi) is 4.36. The van der Waals surface area contributed by atoms with E-state index in [1.807, 2.05) is 30.1 Å². The molecule has 25 heavy (non-hydrogen) atoms. The number of ether oxygens (including phenoxy) is 2. The number of hydrogen-bond donors (Lipinski definition) is 0. The lowest BCUT2D eigenvalue weighted by atomic mass is 10.0. The van der Waals surface area contributed by atoms with E-state index in [0.29, 0.717) is 42.4 Å². The van der Waals surface area contributed by atoms with Crippen LogP contribution in [0.1, 0.15) is 36.0 Å². The maximum atomic E-state index is 13.1. The first-order valence-corrected chi connectivity index (χ1v) is 9.36. The van der Waals surface area contributed by atoms with Crippen LogP contribution in [0, 0.1) is 11.8 Å². The van der Waals surface area contributed by atoms with Crippen molar-refractivity contribution in [1.29, 1.82) is 0 Å². The zero-order valence-electron chi connectivity index (χ0n) is 15.4. The van der Waals surface area contributed by atoms with Crippen molar-refractivity contribution in [3.63, 3.8) is 0 Å². The third-order valence-corrected chi connectivity index (χ3v) is 6.36. The van der Waals surface area contributed by atoms with Crippen molar-refractivity contribution in [2.45, 2.75) is 37.8 Å². The summed E-state index contributed by atoms with van der Waals surface area (Å²) >= 11 is 0. The van der Waals surface area contributed by atoms with Gasteiger partial charge in [0.05, 0.1) is 5.56 Å². The molecule has 1 heterocycles. The zero-order valence-corrected chi connectivity index (χ0v) is 15.4. The van der Waals surface area contributed by atoms with Gasteiger partial charge in [-0.1, -0.05) is 6.07 Å². The molecule has 0 spiro atoms. The van der Waals surface area contributed by atoms with E-state index in [9.17, 15) is 4.79 Å². The minimum Gasteiger partial charge on any atom is -0.486 e. The van der Waals surface area contributed by atoms with Gasteiger partial charge in [-0.25, -0.2) is 0 Å². The van der Waals surface area contributed by atoms with Crippen LogP contribution in [0.15, 0.2) is 18.2 Å². The maximum absolute atomic E-state index is 13.1. The lowest BCUT2D eigenvalue weighted by Gasteiger charge is -2.28. The average Bonchev–Trinajstić information content (AvgIpc) is 3.19. The van der Waals surface area contributed by atoms with Crippen molar-refractivity contribution >= 4 is 5.91 Å². The number of amides is 1. The Morgan fingerprint density at radius 1 is 0.960 bits per heavy atom. The van der Waals surface area contributed by atoms with Crippen molar-refractivity contribution in [3.05, 3.63) is 23.8 Å². The van der Waals surface area contributed by atoms with Crippen LogP contribution in [-0.4, -0.2) is 62.1 Å². The second kappa shape index (κ2) is 6.52. The minimum atomic E-state index is 0.0523. The molecule has 0 bridgehead atoms. The summed E-state index contributed by atoms with van der Waals surface area (Å²) in [6, 6.07) is 6.64. The number of benzene rings is 1. The van der Waals surface area contributed by atoms with E-state index in [4.69, 9.17) is 9.47 Å². The van der Waals surface area contributed by atoms with Crippen molar-refractivity contribution in [2.24, 2.45) is 11.8 Å². The molecule has 1 aliphatic heterocycles. The topological polar surface area (TPSA) is 42.0 Å². The smallest absolute Gasteiger partial charge is 0.257 e. The van der Waals surface area contributed by atoms with Gasteiger partial charge in [0, 0.05) is 19.1 Å². The first kappa shape index (κ1) is 16.7. The van der Waals surface area contributed by atoms with E-state index in [1.54, 1.807) is 0 Å². The highest BCUT2D eigenvalue weighted by Crippen LogP contribution is 2.47. The fourth-order valence-electron chi connectivity index (χ4n) is 4.89. The van der Waals surface area contributed by atoms with Crippen LogP contribution in [0.25, 0.3) is 0 Å². The minimum absolute atomic E-state index is 0.0523. The molecule has 2 saturated carbocycles. The van der Waals surface area contributed by atoms with Crippen LogP contribution in [0.3, 0.4) is 0 Å². The second-order valence-electron chi connectivity index (χ2n) is 7.98. The summed E-state index contributed by atoms with van der Waals surface area (Å²) in [6.45, 7) is 1.04. The maximum Gasteiger partial charge on any atom is 0.257 e. The summed E-state index contributed by atoms with van der Waals surface area (Å²) in [5.74, 6) is 2.87. The van der Waals surface area contributed by atoms with Gasteiger partial charge in [-0.3, -0.25) is 4.79 Å². The standard InChI is InChI=1S/C20H28N2O3/c1-21(2)15-9-13-11-16(12-14(13)10-15)22(3)20(23)17-5-4-6-18-19(17)25-8-7-24-18/h4-6,13-16H,7-12H2,1-3H3/t13-,14+,15?,16?. The van der Waals surface area contributed by atoms with E-state index < -0.39 is 0 Å². The van der Waals surface area contributed by atoms with Crippen LogP contribution in [0.2, 0.25) is 0 Å². The summed E-state index contributed by atoms with van der Waals surface area (Å²) in [6.07, 6.45) is 4.80. The summed E-state index contributed by atoms with van der Waals surface area (Å²) in [5, 5.41) is 0. The number of carbonyl (C=O) groups excluding carboxylic acids is 1. The molecule has 4 atom stereocenters. The van der Waals surface area contributed by atoms with Crippen molar-refractivity contribution < 1.29 is 14.3 Å². The molecule has 5 heteroatoms. The van der Waals surface area contributed by atoms with Gasteiger partial charge in [0.2, 0.25) is 0 Å². The molecule has 1 amide bonds. The number of para-hydroxylation sites is 1. The Morgan fingerprint density at radius 2 is 1.60 bits per heavy atom. The number of fused-ring (bicyclic) bond motifs is 2. The van der Waals surface area contributed by atoms with Crippen molar-refractivity contribution in [1.82, 2.24) is 9.80 Å². The number of nitrogens with zero attached hydrogens (tertiary/aromatic N) is 2. The molecule has 5 nitrogen and oxygen atoms in total.